The summed E-state index contributed by atoms with van der Waals surface area (Å²) in [6.07, 6.45) is 1.90. The summed E-state index contributed by atoms with van der Waals surface area (Å²) in [5.74, 6) is -0.273. The number of amides is 1. The first-order chi connectivity index (χ1) is 14.9. The molecule has 0 saturated carbocycles. The summed E-state index contributed by atoms with van der Waals surface area (Å²) >= 11 is 0. The molecule has 0 aliphatic rings. The van der Waals surface area contributed by atoms with Crippen LogP contribution in [0.3, 0.4) is 0 Å². The quantitative estimate of drug-likeness (QED) is 0.493. The molecule has 8 heteroatoms. The van der Waals surface area contributed by atoms with Gasteiger partial charge in [0.1, 0.15) is 0 Å². The average molecular weight is 433 g/mol. The van der Waals surface area contributed by atoms with Crippen molar-refractivity contribution >= 4 is 21.8 Å². The first kappa shape index (κ1) is 20.5. The second-order valence-electron chi connectivity index (χ2n) is 7.03. The SMILES string of the molecule is CS(=O)(=O)c1cccc(-c2nnc(NC(=O)c3ccc(Cc4ccccc4)cc3)o2)c1. The summed E-state index contributed by atoms with van der Waals surface area (Å²) in [6.45, 7) is 0. The Morgan fingerprint density at radius 1 is 0.903 bits per heavy atom. The van der Waals surface area contributed by atoms with Crippen LogP contribution in [0.1, 0.15) is 21.5 Å². The number of carbonyl (C=O) groups excluding carboxylic acids is 1. The van der Waals surface area contributed by atoms with Crippen molar-refractivity contribution in [3.05, 3.63) is 95.6 Å². The molecule has 31 heavy (non-hydrogen) atoms. The van der Waals surface area contributed by atoms with Crippen LogP contribution in [0.2, 0.25) is 0 Å². The molecule has 0 bridgehead atoms. The van der Waals surface area contributed by atoms with Crippen molar-refractivity contribution in [2.24, 2.45) is 0 Å². The van der Waals surface area contributed by atoms with Gasteiger partial charge in [-0.25, -0.2) is 8.42 Å². The molecule has 7 nitrogen and oxygen atoms in total. The average Bonchev–Trinajstić information content (AvgIpc) is 3.23. The molecule has 0 fully saturated rings. The summed E-state index contributed by atoms with van der Waals surface area (Å²) in [5.41, 5.74) is 3.18. The largest absolute Gasteiger partial charge is 0.403 e. The molecule has 1 heterocycles. The zero-order valence-electron chi connectivity index (χ0n) is 16.6. The highest BCUT2D eigenvalue weighted by Gasteiger charge is 2.15. The first-order valence-electron chi connectivity index (χ1n) is 9.47. The fourth-order valence-corrected chi connectivity index (χ4v) is 3.69. The van der Waals surface area contributed by atoms with Crippen LogP contribution in [0, 0.1) is 0 Å². The number of nitrogens with zero attached hydrogens (tertiary/aromatic N) is 2. The summed E-state index contributed by atoms with van der Waals surface area (Å²) in [4.78, 5) is 12.6. The monoisotopic (exact) mass is 433 g/mol. The Morgan fingerprint density at radius 2 is 1.61 bits per heavy atom. The van der Waals surface area contributed by atoms with Crippen molar-refractivity contribution in [1.29, 1.82) is 0 Å². The zero-order chi connectivity index (χ0) is 21.8. The highest BCUT2D eigenvalue weighted by Crippen LogP contribution is 2.23. The summed E-state index contributed by atoms with van der Waals surface area (Å²) in [5, 5.41) is 10.3. The van der Waals surface area contributed by atoms with Crippen LogP contribution in [0.25, 0.3) is 11.5 Å². The van der Waals surface area contributed by atoms with Crippen LogP contribution >= 0.6 is 0 Å². The van der Waals surface area contributed by atoms with E-state index in [0.717, 1.165) is 18.2 Å². The van der Waals surface area contributed by atoms with E-state index in [9.17, 15) is 13.2 Å². The Hall–Kier alpha value is -3.78. The molecule has 0 spiro atoms. The van der Waals surface area contributed by atoms with Gasteiger partial charge in [-0.1, -0.05) is 53.6 Å². The first-order valence-corrected chi connectivity index (χ1v) is 11.4. The summed E-state index contributed by atoms with van der Waals surface area (Å²) in [7, 11) is -3.36. The van der Waals surface area contributed by atoms with Crippen LogP contribution < -0.4 is 5.32 Å². The van der Waals surface area contributed by atoms with Crippen LogP contribution in [-0.4, -0.2) is 30.8 Å². The number of rotatable bonds is 6. The molecular weight excluding hydrogens is 414 g/mol. The third-order valence-corrected chi connectivity index (χ3v) is 5.73. The third-order valence-electron chi connectivity index (χ3n) is 4.62. The predicted molar refractivity (Wildman–Crippen MR) is 116 cm³/mol. The van der Waals surface area contributed by atoms with E-state index >= 15 is 0 Å². The predicted octanol–water partition coefficient (Wildman–Crippen LogP) is 3.98. The van der Waals surface area contributed by atoms with E-state index in [2.05, 4.69) is 27.6 Å². The molecule has 4 aromatic rings. The second kappa shape index (κ2) is 8.53. The Labute approximate surface area is 179 Å². The lowest BCUT2D eigenvalue weighted by Gasteiger charge is -2.04. The molecule has 0 unspecified atom stereocenters. The Balaban J connectivity index is 1.44. The number of nitrogens with one attached hydrogen (secondary N) is 1. The molecule has 0 aliphatic carbocycles. The van der Waals surface area contributed by atoms with E-state index in [4.69, 9.17) is 4.42 Å². The maximum Gasteiger partial charge on any atom is 0.322 e. The molecule has 4 rings (SSSR count). The molecule has 1 aromatic heterocycles. The fraction of sp³-hybridized carbons (Fsp3) is 0.0870. The minimum absolute atomic E-state index is 0.0712. The molecule has 0 radical (unpaired) electrons. The van der Waals surface area contributed by atoms with E-state index in [0.29, 0.717) is 11.1 Å². The molecule has 0 aliphatic heterocycles. The summed E-state index contributed by atoms with van der Waals surface area (Å²) in [6, 6.07) is 23.4. The van der Waals surface area contributed by atoms with E-state index in [1.54, 1.807) is 24.3 Å². The van der Waals surface area contributed by atoms with Gasteiger partial charge >= 0.3 is 6.01 Å². The van der Waals surface area contributed by atoms with Gasteiger partial charge in [-0.2, -0.15) is 0 Å². The Morgan fingerprint density at radius 3 is 2.32 bits per heavy atom. The van der Waals surface area contributed by atoms with Gasteiger partial charge in [0, 0.05) is 17.4 Å². The van der Waals surface area contributed by atoms with Gasteiger partial charge in [-0.3, -0.25) is 10.1 Å². The van der Waals surface area contributed by atoms with Crippen molar-refractivity contribution in [2.45, 2.75) is 11.3 Å². The van der Waals surface area contributed by atoms with Crippen molar-refractivity contribution in [2.75, 3.05) is 11.6 Å². The number of aromatic nitrogens is 2. The van der Waals surface area contributed by atoms with Gasteiger partial charge in [-0.05, 0) is 47.9 Å². The van der Waals surface area contributed by atoms with Crippen molar-refractivity contribution in [3.63, 3.8) is 0 Å². The highest BCUT2D eigenvalue weighted by molar-refractivity contribution is 7.90. The second-order valence-corrected chi connectivity index (χ2v) is 9.04. The van der Waals surface area contributed by atoms with Crippen LogP contribution in [-0.2, 0) is 16.3 Å². The van der Waals surface area contributed by atoms with Gasteiger partial charge in [0.15, 0.2) is 9.84 Å². The lowest BCUT2D eigenvalue weighted by Crippen LogP contribution is -2.12. The van der Waals surface area contributed by atoms with Gasteiger partial charge in [0.05, 0.1) is 4.90 Å². The zero-order valence-corrected chi connectivity index (χ0v) is 17.5. The molecule has 1 N–H and O–H groups in total. The number of carbonyl (C=O) groups is 1. The van der Waals surface area contributed by atoms with Gasteiger partial charge in [-0.15, -0.1) is 5.10 Å². The van der Waals surface area contributed by atoms with Crippen LogP contribution in [0.5, 0.6) is 0 Å². The van der Waals surface area contributed by atoms with Gasteiger partial charge < -0.3 is 4.42 Å². The Kier molecular flexibility index (Phi) is 5.64. The highest BCUT2D eigenvalue weighted by atomic mass is 32.2. The minimum Gasteiger partial charge on any atom is -0.403 e. The molecule has 156 valence electrons. The molecule has 3 aromatic carbocycles. The third kappa shape index (κ3) is 5.04. The standard InChI is InChI=1S/C23H19N3O4S/c1-31(28,29)20-9-5-8-19(15-20)22-25-26-23(30-22)24-21(27)18-12-10-17(11-13-18)14-16-6-3-2-4-7-16/h2-13,15H,14H2,1H3,(H,24,26,27). The molecular formula is C23H19N3O4S. The van der Waals surface area contributed by atoms with Crippen molar-refractivity contribution in [3.8, 4) is 11.5 Å². The number of benzene rings is 3. The van der Waals surface area contributed by atoms with E-state index in [-0.39, 0.29) is 22.7 Å². The topological polar surface area (TPSA) is 102 Å². The van der Waals surface area contributed by atoms with Crippen LogP contribution in [0.15, 0.2) is 88.2 Å². The number of anilines is 1. The number of sulfone groups is 1. The van der Waals surface area contributed by atoms with E-state index in [1.165, 1.54) is 17.7 Å². The lowest BCUT2D eigenvalue weighted by atomic mass is 10.0. The number of hydrogen-bond acceptors (Lipinski definition) is 6. The fourth-order valence-electron chi connectivity index (χ4n) is 3.02. The molecule has 0 atom stereocenters. The maximum absolute atomic E-state index is 12.5. The molecule has 0 saturated heterocycles. The molecule has 1 amide bonds. The lowest BCUT2D eigenvalue weighted by molar-refractivity contribution is 0.102. The van der Waals surface area contributed by atoms with E-state index in [1.807, 2.05) is 30.3 Å². The van der Waals surface area contributed by atoms with E-state index < -0.39 is 9.84 Å². The minimum atomic E-state index is -3.36. The Bertz CT molecular complexity index is 1310. The summed E-state index contributed by atoms with van der Waals surface area (Å²) < 4.78 is 28.9. The normalized spacial score (nSPS) is 11.3. The van der Waals surface area contributed by atoms with Crippen LogP contribution in [0.4, 0.5) is 6.01 Å². The van der Waals surface area contributed by atoms with Gasteiger partial charge in [0.25, 0.3) is 5.91 Å². The van der Waals surface area contributed by atoms with Crippen molar-refractivity contribution in [1.82, 2.24) is 10.2 Å². The smallest absolute Gasteiger partial charge is 0.322 e. The van der Waals surface area contributed by atoms with Gasteiger partial charge in [0.2, 0.25) is 5.89 Å². The van der Waals surface area contributed by atoms with Crippen molar-refractivity contribution < 1.29 is 17.6 Å². The number of hydrogen-bond donors (Lipinski definition) is 1. The maximum atomic E-state index is 12.5.